The first-order valence-corrected chi connectivity index (χ1v) is 9.68. The predicted molar refractivity (Wildman–Crippen MR) is 103 cm³/mol. The van der Waals surface area contributed by atoms with Crippen LogP contribution in [0.25, 0.3) is 0 Å². The third-order valence-electron chi connectivity index (χ3n) is 5.40. The Morgan fingerprint density at radius 3 is 2.56 bits per heavy atom. The van der Waals surface area contributed by atoms with Gasteiger partial charge in [-0.05, 0) is 24.6 Å². The Kier molecular flexibility index (Phi) is 6.91. The van der Waals surface area contributed by atoms with Crippen molar-refractivity contribution in [3.05, 3.63) is 58.4 Å². The number of anilines is 1. The van der Waals surface area contributed by atoms with Gasteiger partial charge in [-0.1, -0.05) is 6.07 Å². The minimum atomic E-state index is -3.50. The van der Waals surface area contributed by atoms with Crippen molar-refractivity contribution in [2.45, 2.75) is 43.9 Å². The smallest absolute Gasteiger partial charge is 0.288 e. The van der Waals surface area contributed by atoms with Crippen LogP contribution in [0.2, 0.25) is 0 Å². The van der Waals surface area contributed by atoms with Gasteiger partial charge in [0.25, 0.3) is 17.9 Å². The molecule has 1 aliphatic rings. The van der Waals surface area contributed by atoms with E-state index in [1.807, 2.05) is 0 Å². The molecular weight excluding hydrogens is 442 g/mol. The van der Waals surface area contributed by atoms with Crippen molar-refractivity contribution in [3.63, 3.8) is 0 Å². The van der Waals surface area contributed by atoms with Crippen molar-refractivity contribution in [1.82, 2.24) is 14.5 Å². The molecule has 0 spiro atoms. The molecule has 2 aromatic rings. The van der Waals surface area contributed by atoms with E-state index in [1.165, 1.54) is 17.9 Å². The fourth-order valence-corrected chi connectivity index (χ4v) is 3.51. The molecule has 0 saturated carbocycles. The Balaban J connectivity index is 1.80. The van der Waals surface area contributed by atoms with Gasteiger partial charge >= 0.3 is 0 Å². The molecule has 2 aromatic heterocycles. The lowest BCUT2D eigenvalue weighted by Gasteiger charge is -2.40. The Morgan fingerprint density at radius 2 is 1.94 bits per heavy atom. The zero-order chi connectivity index (χ0) is 23.6. The average Bonchev–Trinajstić information content (AvgIpc) is 2.74. The van der Waals surface area contributed by atoms with Crippen LogP contribution in [-0.2, 0) is 4.79 Å². The molecule has 1 amide bonds. The summed E-state index contributed by atoms with van der Waals surface area (Å²) in [6.45, 7) is 0.994. The van der Waals surface area contributed by atoms with Crippen LogP contribution in [0.3, 0.4) is 0 Å². The molecule has 0 radical (unpaired) electrons. The number of nitrogens with one attached hydrogen (secondary N) is 1. The van der Waals surface area contributed by atoms with Gasteiger partial charge in [0.2, 0.25) is 12.2 Å². The molecule has 0 aliphatic carbocycles. The van der Waals surface area contributed by atoms with Crippen LogP contribution in [0.4, 0.5) is 32.2 Å². The Bertz CT molecular complexity index is 1010. The third kappa shape index (κ3) is 5.12. The number of pyridine rings is 2. The van der Waals surface area contributed by atoms with Crippen LogP contribution in [0, 0.1) is 5.82 Å². The SMILES string of the molecule is CC(C(=O)Nc1ccc(F)cn1)N1CCC(F)(F)C(c2ccc(=O)n(C(F)C(F)F)c2)C1. The number of hydrogen-bond acceptors (Lipinski definition) is 4. The molecule has 6 nitrogen and oxygen atoms in total. The zero-order valence-corrected chi connectivity index (χ0v) is 16.8. The number of piperidine rings is 1. The van der Waals surface area contributed by atoms with Crippen molar-refractivity contribution in [2.24, 2.45) is 0 Å². The van der Waals surface area contributed by atoms with E-state index in [0.29, 0.717) is 6.20 Å². The minimum Gasteiger partial charge on any atom is -0.309 e. The van der Waals surface area contributed by atoms with Crippen LogP contribution in [-0.4, -0.2) is 51.8 Å². The van der Waals surface area contributed by atoms with Crippen LogP contribution in [0.5, 0.6) is 0 Å². The average molecular weight is 462 g/mol. The number of hydrogen-bond donors (Lipinski definition) is 1. The molecule has 3 heterocycles. The maximum Gasteiger partial charge on any atom is 0.288 e. The van der Waals surface area contributed by atoms with Gasteiger partial charge in [0.05, 0.1) is 18.2 Å². The number of amides is 1. The maximum atomic E-state index is 14.7. The van der Waals surface area contributed by atoms with Gasteiger partial charge in [-0.25, -0.2) is 31.3 Å². The van der Waals surface area contributed by atoms with Crippen LogP contribution in [0.1, 0.15) is 31.1 Å². The minimum absolute atomic E-state index is 0.0789. The molecule has 3 unspecified atom stereocenters. The lowest BCUT2D eigenvalue weighted by molar-refractivity contribution is -0.125. The van der Waals surface area contributed by atoms with Crippen LogP contribution < -0.4 is 10.9 Å². The number of carbonyl (C=O) groups is 1. The second kappa shape index (κ2) is 9.31. The number of nitrogens with zero attached hydrogens (tertiary/aromatic N) is 3. The van der Waals surface area contributed by atoms with E-state index in [4.69, 9.17) is 0 Å². The molecule has 1 aliphatic heterocycles. The van der Waals surface area contributed by atoms with Crippen molar-refractivity contribution in [1.29, 1.82) is 0 Å². The second-order valence-electron chi connectivity index (χ2n) is 7.50. The molecule has 32 heavy (non-hydrogen) atoms. The summed E-state index contributed by atoms with van der Waals surface area (Å²) in [6.07, 6.45) is -5.53. The number of carbonyl (C=O) groups excluding carboxylic acids is 1. The highest BCUT2D eigenvalue weighted by Gasteiger charge is 2.46. The van der Waals surface area contributed by atoms with Gasteiger partial charge in [-0.2, -0.15) is 0 Å². The van der Waals surface area contributed by atoms with Crippen molar-refractivity contribution in [2.75, 3.05) is 18.4 Å². The Hall–Kier alpha value is -2.89. The molecule has 1 N–H and O–H groups in total. The molecule has 0 bridgehead atoms. The number of halogens is 6. The van der Waals surface area contributed by atoms with E-state index < -0.39 is 54.3 Å². The number of aromatic nitrogens is 2. The monoisotopic (exact) mass is 462 g/mol. The van der Waals surface area contributed by atoms with Crippen molar-refractivity contribution < 1.29 is 31.1 Å². The second-order valence-corrected chi connectivity index (χ2v) is 7.50. The first kappa shape index (κ1) is 23.8. The van der Waals surface area contributed by atoms with Gasteiger partial charge < -0.3 is 5.32 Å². The van der Waals surface area contributed by atoms with E-state index >= 15 is 0 Å². The topological polar surface area (TPSA) is 67.2 Å². The molecule has 1 fully saturated rings. The molecular formula is C20H20F6N4O2. The molecule has 12 heteroatoms. The van der Waals surface area contributed by atoms with Gasteiger partial charge in [-0.15, -0.1) is 0 Å². The Labute approximate surface area is 178 Å². The van der Waals surface area contributed by atoms with E-state index in [9.17, 15) is 35.9 Å². The molecule has 0 aromatic carbocycles. The summed E-state index contributed by atoms with van der Waals surface area (Å²) in [5.74, 6) is -5.92. The van der Waals surface area contributed by atoms with E-state index in [2.05, 4.69) is 10.3 Å². The molecule has 1 saturated heterocycles. The fraction of sp³-hybridized carbons (Fsp3) is 0.450. The summed E-state index contributed by atoms with van der Waals surface area (Å²) in [7, 11) is 0. The van der Waals surface area contributed by atoms with Crippen molar-refractivity contribution in [3.8, 4) is 0 Å². The summed E-state index contributed by atoms with van der Waals surface area (Å²) in [5.41, 5.74) is -1.28. The summed E-state index contributed by atoms with van der Waals surface area (Å²) in [6, 6.07) is 3.26. The third-order valence-corrected chi connectivity index (χ3v) is 5.40. The standard InChI is InChI=1S/C20H20F6N4O2/c1-11(19(32)28-15-4-3-13(21)8-27-15)29-7-6-20(25,26)14(10-29)12-2-5-16(31)30(9-12)18(24)17(22)23/h2-5,8-9,11,14,17-18H,6-7,10H2,1H3,(H,27,28,32). The maximum absolute atomic E-state index is 14.7. The first-order valence-electron chi connectivity index (χ1n) is 9.68. The number of likely N-dealkylation sites (tertiary alicyclic amines) is 1. The highest BCUT2D eigenvalue weighted by molar-refractivity contribution is 5.93. The molecule has 174 valence electrons. The summed E-state index contributed by atoms with van der Waals surface area (Å²) < 4.78 is 81.5. The largest absolute Gasteiger partial charge is 0.309 e. The van der Waals surface area contributed by atoms with Crippen LogP contribution >= 0.6 is 0 Å². The number of rotatable bonds is 6. The molecule has 3 rings (SSSR count). The summed E-state index contributed by atoms with van der Waals surface area (Å²) in [5, 5.41) is 2.46. The summed E-state index contributed by atoms with van der Waals surface area (Å²) in [4.78, 5) is 29.4. The Morgan fingerprint density at radius 1 is 1.22 bits per heavy atom. The van der Waals surface area contributed by atoms with Gasteiger partial charge in [-0.3, -0.25) is 19.1 Å². The highest BCUT2D eigenvalue weighted by Crippen LogP contribution is 2.40. The van der Waals surface area contributed by atoms with E-state index in [-0.39, 0.29) is 29.0 Å². The lowest BCUT2D eigenvalue weighted by Crippen LogP contribution is -2.52. The molecule has 3 atom stereocenters. The first-order chi connectivity index (χ1) is 15.0. The van der Waals surface area contributed by atoms with Gasteiger partial charge in [0.15, 0.2) is 0 Å². The quantitative estimate of drug-likeness (QED) is 0.667. The lowest BCUT2D eigenvalue weighted by atomic mass is 9.87. The van der Waals surface area contributed by atoms with Crippen molar-refractivity contribution >= 4 is 11.7 Å². The van der Waals surface area contributed by atoms with Gasteiger partial charge in [0, 0.05) is 31.8 Å². The van der Waals surface area contributed by atoms with Gasteiger partial charge in [0.1, 0.15) is 11.6 Å². The summed E-state index contributed by atoms with van der Waals surface area (Å²) >= 11 is 0. The highest BCUT2D eigenvalue weighted by atomic mass is 19.3. The number of alkyl halides is 5. The fourth-order valence-electron chi connectivity index (χ4n) is 3.51. The predicted octanol–water partition coefficient (Wildman–Crippen LogP) is 3.57. The van der Waals surface area contributed by atoms with E-state index in [1.54, 1.807) is 0 Å². The zero-order valence-electron chi connectivity index (χ0n) is 16.8. The van der Waals surface area contributed by atoms with E-state index in [0.717, 1.165) is 24.4 Å². The van der Waals surface area contributed by atoms with Crippen LogP contribution in [0.15, 0.2) is 41.5 Å². The normalized spacial score (nSPS) is 20.7.